The Bertz CT molecular complexity index is 691. The molecule has 1 aromatic heterocycles. The van der Waals surface area contributed by atoms with Crippen molar-refractivity contribution in [1.82, 2.24) is 9.88 Å². The summed E-state index contributed by atoms with van der Waals surface area (Å²) in [5.41, 5.74) is 1.79. The fourth-order valence-electron chi connectivity index (χ4n) is 2.31. The molecule has 0 saturated carbocycles. The fourth-order valence-corrected chi connectivity index (χ4v) is 2.83. The second-order valence-electron chi connectivity index (χ2n) is 6.67. The van der Waals surface area contributed by atoms with Crippen molar-refractivity contribution >= 4 is 28.8 Å². The van der Waals surface area contributed by atoms with Gasteiger partial charge in [0.05, 0.1) is 6.10 Å². The van der Waals surface area contributed by atoms with E-state index in [1.54, 1.807) is 23.2 Å². The topological polar surface area (TPSA) is 80.8 Å². The van der Waals surface area contributed by atoms with Crippen molar-refractivity contribution in [3.8, 4) is 0 Å². The van der Waals surface area contributed by atoms with E-state index in [1.807, 2.05) is 38.5 Å². The highest BCUT2D eigenvalue weighted by Crippen LogP contribution is 2.14. The van der Waals surface area contributed by atoms with Crippen LogP contribution >= 0.6 is 11.3 Å². The predicted octanol–water partition coefficient (Wildman–Crippen LogP) is 4.20. The van der Waals surface area contributed by atoms with Crippen LogP contribution in [0.1, 0.15) is 43.5 Å². The van der Waals surface area contributed by atoms with E-state index in [4.69, 9.17) is 4.74 Å². The number of amides is 1. The molecule has 0 spiro atoms. The lowest BCUT2D eigenvalue weighted by atomic mass is 10.1. The van der Waals surface area contributed by atoms with Crippen LogP contribution in [0.25, 0.3) is 0 Å². The smallest absolute Gasteiger partial charge is 0.294 e. The van der Waals surface area contributed by atoms with E-state index < -0.39 is 0 Å². The van der Waals surface area contributed by atoms with Gasteiger partial charge in [0.1, 0.15) is 6.73 Å². The normalized spacial score (nSPS) is 14.9. The Kier molecular flexibility index (Phi) is 12.5. The maximum atomic E-state index is 11.7. The van der Waals surface area contributed by atoms with Gasteiger partial charge in [-0.05, 0) is 52.4 Å². The first-order valence-corrected chi connectivity index (χ1v) is 10.4. The number of anilines is 1. The zero-order valence-electron chi connectivity index (χ0n) is 17.6. The standard InChI is InChI=1S/C11H10N2OS.C6H12O.C4H9NO2.H2/c1-8-2-4-9(5-3-8)10(14)13-11-12-6-7-15-11;1-2-6-4-3-5-7-6;1-5(2)3-7-4-6;/h2-7H,1H3,(H,12,13,14);6H,2-5H2,1H3;4H,3H2,1-2H3;1H. The SMILES string of the molecule is CCC1CCCO1.CN(C)COC=O.Cc1ccc(C(=O)Nc2nccs2)cc1.[HH]. The quantitative estimate of drug-likeness (QED) is 0.554. The third-order valence-electron chi connectivity index (χ3n) is 3.85. The van der Waals surface area contributed by atoms with E-state index in [0.29, 0.717) is 30.0 Å². The Labute approximate surface area is 178 Å². The van der Waals surface area contributed by atoms with E-state index in [-0.39, 0.29) is 7.33 Å². The first kappa shape index (κ1) is 24.7. The van der Waals surface area contributed by atoms with Crippen molar-refractivity contribution in [3.63, 3.8) is 0 Å². The van der Waals surface area contributed by atoms with Gasteiger partial charge in [0.2, 0.25) is 0 Å². The molecular weight excluding hydrogens is 390 g/mol. The summed E-state index contributed by atoms with van der Waals surface area (Å²) in [6.45, 7) is 5.96. The highest BCUT2D eigenvalue weighted by Gasteiger charge is 2.11. The van der Waals surface area contributed by atoms with Crippen molar-refractivity contribution in [3.05, 3.63) is 47.0 Å². The number of aromatic nitrogens is 1. The number of carbonyl (C=O) groups is 2. The first-order valence-electron chi connectivity index (χ1n) is 9.55. The Morgan fingerprint density at radius 1 is 1.41 bits per heavy atom. The van der Waals surface area contributed by atoms with Gasteiger partial charge in [-0.2, -0.15) is 0 Å². The van der Waals surface area contributed by atoms with Gasteiger partial charge in [0.25, 0.3) is 12.4 Å². The lowest BCUT2D eigenvalue weighted by molar-refractivity contribution is -0.132. The second-order valence-corrected chi connectivity index (χ2v) is 7.57. The van der Waals surface area contributed by atoms with Gasteiger partial charge in [0.15, 0.2) is 5.13 Å². The van der Waals surface area contributed by atoms with E-state index in [0.717, 1.165) is 12.2 Å². The second kappa shape index (κ2) is 14.7. The van der Waals surface area contributed by atoms with Gasteiger partial charge in [-0.25, -0.2) is 4.98 Å². The number of thiazole rings is 1. The summed E-state index contributed by atoms with van der Waals surface area (Å²) in [4.78, 5) is 26.9. The molecule has 29 heavy (non-hydrogen) atoms. The Balaban J connectivity index is 0.000000473. The van der Waals surface area contributed by atoms with Crippen LogP contribution in [0.3, 0.4) is 0 Å². The molecule has 1 N–H and O–H groups in total. The number of carbonyl (C=O) groups excluding carboxylic acids is 2. The minimum atomic E-state index is -0.120. The molecular formula is C21H33N3O4S. The molecule has 0 aliphatic carbocycles. The molecule has 1 saturated heterocycles. The summed E-state index contributed by atoms with van der Waals surface area (Å²) in [6, 6.07) is 7.43. The summed E-state index contributed by atoms with van der Waals surface area (Å²) in [5.74, 6) is -0.120. The summed E-state index contributed by atoms with van der Waals surface area (Å²) >= 11 is 1.41. The third-order valence-corrected chi connectivity index (χ3v) is 4.54. The van der Waals surface area contributed by atoms with E-state index in [1.165, 1.54) is 30.6 Å². The molecule has 0 radical (unpaired) electrons. The van der Waals surface area contributed by atoms with Gasteiger partial charge in [0, 0.05) is 25.2 Å². The molecule has 1 atom stereocenters. The molecule has 1 fully saturated rings. The molecule has 0 bridgehead atoms. The van der Waals surface area contributed by atoms with Gasteiger partial charge >= 0.3 is 0 Å². The molecule has 8 heteroatoms. The maximum absolute atomic E-state index is 11.7. The Hall–Kier alpha value is -2.29. The average molecular weight is 424 g/mol. The number of hydrogen-bond acceptors (Lipinski definition) is 7. The number of hydrogen-bond donors (Lipinski definition) is 1. The van der Waals surface area contributed by atoms with Crippen LogP contribution in [0.2, 0.25) is 0 Å². The van der Waals surface area contributed by atoms with Gasteiger partial charge in [-0.3, -0.25) is 19.8 Å². The molecule has 1 aliphatic heterocycles. The summed E-state index contributed by atoms with van der Waals surface area (Å²) < 4.78 is 9.64. The van der Waals surface area contributed by atoms with Crippen molar-refractivity contribution in [2.24, 2.45) is 0 Å². The minimum Gasteiger partial charge on any atom is -0.452 e. The number of rotatable bonds is 6. The monoisotopic (exact) mass is 423 g/mol. The first-order chi connectivity index (χ1) is 14.0. The largest absolute Gasteiger partial charge is 0.452 e. The highest BCUT2D eigenvalue weighted by molar-refractivity contribution is 7.13. The molecule has 1 aromatic carbocycles. The molecule has 1 aliphatic rings. The number of ether oxygens (including phenoxy) is 2. The number of benzene rings is 1. The zero-order valence-corrected chi connectivity index (χ0v) is 18.4. The highest BCUT2D eigenvalue weighted by atomic mass is 32.1. The molecule has 1 amide bonds. The summed E-state index contributed by atoms with van der Waals surface area (Å²) in [6.07, 6.45) is 6.02. The van der Waals surface area contributed by atoms with Crippen LogP contribution in [0.4, 0.5) is 5.13 Å². The summed E-state index contributed by atoms with van der Waals surface area (Å²) in [7, 11) is 3.65. The van der Waals surface area contributed by atoms with E-state index in [9.17, 15) is 9.59 Å². The molecule has 1 unspecified atom stereocenters. The van der Waals surface area contributed by atoms with Crippen LogP contribution in [-0.2, 0) is 14.3 Å². The van der Waals surface area contributed by atoms with Crippen LogP contribution in [0, 0.1) is 6.92 Å². The predicted molar refractivity (Wildman–Crippen MR) is 118 cm³/mol. The van der Waals surface area contributed by atoms with Crippen LogP contribution in [0.15, 0.2) is 35.8 Å². The van der Waals surface area contributed by atoms with Crippen LogP contribution < -0.4 is 5.32 Å². The number of nitrogens with one attached hydrogen (secondary N) is 1. The van der Waals surface area contributed by atoms with E-state index >= 15 is 0 Å². The van der Waals surface area contributed by atoms with Crippen LogP contribution in [-0.4, -0.2) is 55.8 Å². The van der Waals surface area contributed by atoms with Gasteiger partial charge in [-0.1, -0.05) is 24.6 Å². The van der Waals surface area contributed by atoms with Gasteiger partial charge in [-0.15, -0.1) is 11.3 Å². The molecule has 2 heterocycles. The van der Waals surface area contributed by atoms with Crippen LogP contribution in [0.5, 0.6) is 0 Å². The van der Waals surface area contributed by atoms with Crippen molar-refractivity contribution in [2.75, 3.05) is 32.7 Å². The van der Waals surface area contributed by atoms with E-state index in [2.05, 4.69) is 22.0 Å². The Morgan fingerprint density at radius 2 is 2.14 bits per heavy atom. The third kappa shape index (κ3) is 11.3. The summed E-state index contributed by atoms with van der Waals surface area (Å²) in [5, 5.41) is 5.18. The lowest BCUT2D eigenvalue weighted by Crippen LogP contribution is -2.14. The minimum absolute atomic E-state index is 0. The molecule has 162 valence electrons. The van der Waals surface area contributed by atoms with Gasteiger partial charge < -0.3 is 9.47 Å². The lowest BCUT2D eigenvalue weighted by Gasteiger charge is -2.04. The molecule has 7 nitrogen and oxygen atoms in total. The van der Waals surface area contributed by atoms with Crippen molar-refractivity contribution < 1.29 is 20.5 Å². The molecule has 2 aromatic rings. The van der Waals surface area contributed by atoms with Crippen molar-refractivity contribution in [2.45, 2.75) is 39.2 Å². The number of nitrogens with zero attached hydrogens (tertiary/aromatic N) is 2. The Morgan fingerprint density at radius 3 is 2.55 bits per heavy atom. The average Bonchev–Trinajstić information content (AvgIpc) is 3.41. The van der Waals surface area contributed by atoms with Crippen molar-refractivity contribution in [1.29, 1.82) is 0 Å². The maximum Gasteiger partial charge on any atom is 0.294 e. The molecule has 3 rings (SSSR count). The zero-order chi connectivity index (χ0) is 21.5. The fraction of sp³-hybridized carbons (Fsp3) is 0.476. The number of aryl methyl sites for hydroxylation is 1.